The third-order valence-electron chi connectivity index (χ3n) is 5.69. The Bertz CT molecular complexity index is 861. The Labute approximate surface area is 192 Å². The molecule has 2 aromatic carbocycles. The third kappa shape index (κ3) is 5.37. The predicted octanol–water partition coefficient (Wildman–Crippen LogP) is 6.33. The first kappa shape index (κ1) is 23.1. The van der Waals surface area contributed by atoms with Crippen molar-refractivity contribution >= 4 is 40.3 Å². The molecule has 1 unspecified atom stereocenters. The fourth-order valence-corrected chi connectivity index (χ4v) is 5.19. The van der Waals surface area contributed by atoms with Crippen molar-refractivity contribution in [3.63, 3.8) is 0 Å². The molecule has 2 aromatic rings. The smallest absolute Gasteiger partial charge is 0.106 e. The van der Waals surface area contributed by atoms with Crippen LogP contribution in [0.3, 0.4) is 0 Å². The lowest BCUT2D eigenvalue weighted by molar-refractivity contribution is 0.288. The van der Waals surface area contributed by atoms with Gasteiger partial charge in [0.25, 0.3) is 0 Å². The lowest BCUT2D eigenvalue weighted by atomic mass is 10.1. The fraction of sp³-hybridized carbons (Fsp3) is 0.480. The second kappa shape index (κ2) is 10.7. The van der Waals surface area contributed by atoms with E-state index in [9.17, 15) is 0 Å². The van der Waals surface area contributed by atoms with E-state index in [1.165, 1.54) is 21.2 Å². The highest BCUT2D eigenvalue weighted by molar-refractivity contribution is 7.99. The van der Waals surface area contributed by atoms with Crippen molar-refractivity contribution in [3.05, 3.63) is 48.0 Å². The number of hydrogen-bond donors (Lipinski definition) is 1. The third-order valence-corrected chi connectivity index (χ3v) is 7.20. The van der Waals surface area contributed by atoms with Gasteiger partial charge in [-0.1, -0.05) is 69.9 Å². The summed E-state index contributed by atoms with van der Waals surface area (Å²) in [4.78, 5) is 8.48. The molecule has 0 radical (unpaired) electrons. The van der Waals surface area contributed by atoms with Crippen molar-refractivity contribution in [1.29, 1.82) is 0 Å². The number of fused-ring (bicyclic) bond motifs is 2. The highest BCUT2D eigenvalue weighted by atomic mass is 32.2. The largest absolute Gasteiger partial charge is 0.376 e. The molecule has 0 spiro atoms. The molecule has 0 saturated carbocycles. The van der Waals surface area contributed by atoms with E-state index in [2.05, 4.69) is 92.2 Å². The number of thiocarbonyl (C=S) groups is 1. The van der Waals surface area contributed by atoms with Crippen molar-refractivity contribution in [2.45, 2.75) is 56.9 Å². The molecule has 1 aliphatic heterocycles. The number of anilines is 2. The molecule has 1 N–H and O–H groups in total. The average Bonchev–Trinajstić information content (AvgIpc) is 2.74. The van der Waals surface area contributed by atoms with Crippen molar-refractivity contribution in [2.75, 3.05) is 31.1 Å². The molecule has 0 fully saturated rings. The highest BCUT2D eigenvalue weighted by Gasteiger charge is 2.28. The number of nitrogens with zero attached hydrogens (tertiary/aromatic N) is 2. The molecule has 0 aliphatic carbocycles. The molecule has 0 aromatic heterocycles. The van der Waals surface area contributed by atoms with Gasteiger partial charge in [0.1, 0.15) is 4.99 Å². The van der Waals surface area contributed by atoms with Crippen LogP contribution in [0.15, 0.2) is 52.3 Å². The second-order valence-corrected chi connectivity index (χ2v) is 9.89. The summed E-state index contributed by atoms with van der Waals surface area (Å²) in [6.45, 7) is 15.4. The molecule has 3 rings (SSSR count). The van der Waals surface area contributed by atoms with Gasteiger partial charge in [0, 0.05) is 34.5 Å². The van der Waals surface area contributed by atoms with E-state index in [1.54, 1.807) is 0 Å². The summed E-state index contributed by atoms with van der Waals surface area (Å²) in [6, 6.07) is 15.8. The van der Waals surface area contributed by atoms with E-state index in [0.29, 0.717) is 12.0 Å². The van der Waals surface area contributed by atoms with Crippen LogP contribution in [0.1, 0.15) is 46.6 Å². The van der Waals surface area contributed by atoms with Gasteiger partial charge in [0.15, 0.2) is 0 Å². The molecule has 5 heteroatoms. The van der Waals surface area contributed by atoms with Gasteiger partial charge in [-0.2, -0.15) is 0 Å². The van der Waals surface area contributed by atoms with Crippen LogP contribution < -0.4 is 10.2 Å². The van der Waals surface area contributed by atoms with Gasteiger partial charge in [-0.15, -0.1) is 0 Å². The predicted molar refractivity (Wildman–Crippen MR) is 136 cm³/mol. The molecule has 1 atom stereocenters. The quantitative estimate of drug-likeness (QED) is 0.457. The number of benzene rings is 2. The van der Waals surface area contributed by atoms with Crippen LogP contribution in [0.4, 0.5) is 11.4 Å². The zero-order chi connectivity index (χ0) is 21.7. The van der Waals surface area contributed by atoms with Crippen molar-refractivity contribution in [1.82, 2.24) is 10.2 Å². The molecule has 0 amide bonds. The molecule has 162 valence electrons. The topological polar surface area (TPSA) is 18.5 Å². The molecular formula is C25H35N3S2. The Morgan fingerprint density at radius 3 is 2.43 bits per heavy atom. The van der Waals surface area contributed by atoms with E-state index in [1.807, 2.05) is 11.8 Å². The molecular weight excluding hydrogens is 406 g/mol. The van der Waals surface area contributed by atoms with Crippen LogP contribution in [0, 0.1) is 5.92 Å². The maximum absolute atomic E-state index is 5.72. The zero-order valence-electron chi connectivity index (χ0n) is 18.9. The maximum Gasteiger partial charge on any atom is 0.106 e. The minimum absolute atomic E-state index is 0.364. The van der Waals surface area contributed by atoms with Crippen molar-refractivity contribution in [2.24, 2.45) is 5.92 Å². The normalized spacial score (nSPS) is 13.9. The van der Waals surface area contributed by atoms with Gasteiger partial charge < -0.3 is 15.1 Å². The summed E-state index contributed by atoms with van der Waals surface area (Å²) in [5.41, 5.74) is 3.67. The lowest BCUT2D eigenvalue weighted by Crippen LogP contribution is -2.41. The van der Waals surface area contributed by atoms with E-state index >= 15 is 0 Å². The van der Waals surface area contributed by atoms with Crippen LogP contribution in [0.2, 0.25) is 0 Å². The Kier molecular flexibility index (Phi) is 8.20. The average molecular weight is 442 g/mol. The van der Waals surface area contributed by atoms with Gasteiger partial charge in [-0.25, -0.2) is 0 Å². The van der Waals surface area contributed by atoms with Gasteiger partial charge >= 0.3 is 0 Å². The van der Waals surface area contributed by atoms with E-state index in [0.717, 1.165) is 43.2 Å². The number of hydrogen-bond acceptors (Lipinski definition) is 4. The van der Waals surface area contributed by atoms with Gasteiger partial charge in [-0.05, 0) is 56.6 Å². The molecule has 0 saturated heterocycles. The Morgan fingerprint density at radius 2 is 1.73 bits per heavy atom. The van der Waals surface area contributed by atoms with Crippen molar-refractivity contribution in [3.8, 4) is 0 Å². The maximum atomic E-state index is 5.72. The first-order valence-electron chi connectivity index (χ1n) is 11.1. The molecule has 1 heterocycles. The Balaban J connectivity index is 1.92. The monoisotopic (exact) mass is 441 g/mol. The second-order valence-electron chi connectivity index (χ2n) is 8.40. The molecule has 1 aliphatic rings. The van der Waals surface area contributed by atoms with E-state index in [4.69, 9.17) is 12.2 Å². The van der Waals surface area contributed by atoms with Crippen LogP contribution >= 0.6 is 24.0 Å². The molecule has 3 nitrogen and oxygen atoms in total. The number of para-hydroxylation sites is 1. The summed E-state index contributed by atoms with van der Waals surface area (Å²) in [5.74, 6) is 0.674. The van der Waals surface area contributed by atoms with E-state index < -0.39 is 0 Å². The Hall–Kier alpha value is -1.56. The van der Waals surface area contributed by atoms with Crippen LogP contribution in [0.25, 0.3) is 0 Å². The van der Waals surface area contributed by atoms with Gasteiger partial charge in [-0.3, -0.25) is 0 Å². The summed E-state index contributed by atoms with van der Waals surface area (Å²) in [5, 5.41) is 3.45. The summed E-state index contributed by atoms with van der Waals surface area (Å²) in [6.07, 6.45) is 1.13. The molecule has 30 heavy (non-hydrogen) atoms. The summed E-state index contributed by atoms with van der Waals surface area (Å²) in [7, 11) is 0. The summed E-state index contributed by atoms with van der Waals surface area (Å²) < 4.78 is 0. The standard InChI is InChI=1S/C25H35N3S2/c1-6-27(7-2)17-19(5)28-21-10-8-9-11-23(21)30-24-13-12-20(16-22(24)28)25(29)26-15-14-18(3)4/h8-13,16,18-19H,6-7,14-15,17H2,1-5H3,(H,26,29). The SMILES string of the molecule is CCN(CC)CC(C)N1c2ccccc2Sc2ccc(C(=S)NCCC(C)C)cc21. The Morgan fingerprint density at radius 1 is 1.03 bits per heavy atom. The number of rotatable bonds is 9. The minimum Gasteiger partial charge on any atom is -0.376 e. The highest BCUT2D eigenvalue weighted by Crippen LogP contribution is 2.49. The van der Waals surface area contributed by atoms with Crippen LogP contribution in [0.5, 0.6) is 0 Å². The van der Waals surface area contributed by atoms with Crippen molar-refractivity contribution < 1.29 is 0 Å². The lowest BCUT2D eigenvalue weighted by Gasteiger charge is -2.39. The number of nitrogens with one attached hydrogen (secondary N) is 1. The first-order chi connectivity index (χ1) is 14.4. The zero-order valence-corrected chi connectivity index (χ0v) is 20.6. The first-order valence-corrected chi connectivity index (χ1v) is 12.4. The van der Waals surface area contributed by atoms with Crippen LogP contribution in [-0.2, 0) is 0 Å². The van der Waals surface area contributed by atoms with Gasteiger partial charge in [0.05, 0.1) is 11.4 Å². The molecule has 0 bridgehead atoms. The van der Waals surface area contributed by atoms with E-state index in [-0.39, 0.29) is 0 Å². The van der Waals surface area contributed by atoms with Gasteiger partial charge in [0.2, 0.25) is 0 Å². The fourth-order valence-electron chi connectivity index (χ4n) is 3.91. The summed E-state index contributed by atoms with van der Waals surface area (Å²) >= 11 is 7.58. The number of likely N-dealkylation sites (N-methyl/N-ethyl adjacent to an activating group) is 1. The minimum atomic E-state index is 0.364. The van der Waals surface area contributed by atoms with Crippen LogP contribution in [-0.4, -0.2) is 42.1 Å².